The molecule has 4 aromatic rings. The van der Waals surface area contributed by atoms with Gasteiger partial charge in [-0.1, -0.05) is 12.1 Å². The molecule has 0 radical (unpaired) electrons. The van der Waals surface area contributed by atoms with Crippen LogP contribution in [0.2, 0.25) is 0 Å². The Morgan fingerprint density at radius 3 is 2.73 bits per heavy atom. The summed E-state index contributed by atoms with van der Waals surface area (Å²) in [6.07, 6.45) is 1.75. The molecule has 26 heavy (non-hydrogen) atoms. The van der Waals surface area contributed by atoms with Crippen molar-refractivity contribution in [2.24, 2.45) is 14.1 Å². The number of nitrogens with one attached hydrogen (secondary N) is 1. The summed E-state index contributed by atoms with van der Waals surface area (Å²) in [6, 6.07) is 12.1. The van der Waals surface area contributed by atoms with E-state index in [0.717, 1.165) is 33.9 Å². The second-order valence-electron chi connectivity index (χ2n) is 5.89. The van der Waals surface area contributed by atoms with Crippen molar-refractivity contribution >= 4 is 45.3 Å². The van der Waals surface area contributed by atoms with Gasteiger partial charge < -0.3 is 10.1 Å². The monoisotopic (exact) mass is 460 g/mol. The van der Waals surface area contributed by atoms with Crippen molar-refractivity contribution in [3.8, 4) is 17.0 Å². The molecule has 7 nitrogen and oxygen atoms in total. The van der Waals surface area contributed by atoms with Crippen LogP contribution in [0, 0.1) is 3.57 Å². The second-order valence-corrected chi connectivity index (χ2v) is 7.13. The van der Waals surface area contributed by atoms with Crippen LogP contribution >= 0.6 is 22.6 Å². The summed E-state index contributed by atoms with van der Waals surface area (Å²) in [5, 5.41) is 13.1. The zero-order valence-corrected chi connectivity index (χ0v) is 16.7. The third-order valence-corrected chi connectivity index (χ3v) is 4.81. The Morgan fingerprint density at radius 2 is 1.96 bits per heavy atom. The molecule has 0 saturated heterocycles. The molecule has 0 spiro atoms. The predicted molar refractivity (Wildman–Crippen MR) is 110 cm³/mol. The van der Waals surface area contributed by atoms with E-state index in [0.29, 0.717) is 5.82 Å². The van der Waals surface area contributed by atoms with Gasteiger partial charge in [0.2, 0.25) is 0 Å². The minimum absolute atomic E-state index is 0.676. The number of fused-ring (bicyclic) bond motifs is 1. The topological polar surface area (TPSA) is 69.8 Å². The molecule has 4 rings (SSSR count). The van der Waals surface area contributed by atoms with Gasteiger partial charge in [0, 0.05) is 35.4 Å². The number of aryl methyl sites for hydroxylation is 2. The molecule has 0 unspecified atom stereocenters. The van der Waals surface area contributed by atoms with E-state index in [1.807, 2.05) is 32.3 Å². The first-order valence-corrected chi connectivity index (χ1v) is 9.07. The van der Waals surface area contributed by atoms with E-state index in [1.54, 1.807) is 22.7 Å². The molecule has 0 aliphatic heterocycles. The molecule has 8 heteroatoms. The second kappa shape index (κ2) is 6.60. The van der Waals surface area contributed by atoms with Gasteiger partial charge in [-0.25, -0.2) is 4.98 Å². The van der Waals surface area contributed by atoms with Gasteiger partial charge in [-0.15, -0.1) is 0 Å². The predicted octanol–water partition coefficient (Wildman–Crippen LogP) is 3.73. The first kappa shape index (κ1) is 16.8. The minimum Gasteiger partial charge on any atom is -0.496 e. The van der Waals surface area contributed by atoms with Crippen LogP contribution in [0.15, 0.2) is 42.6 Å². The minimum atomic E-state index is 0.676. The first-order chi connectivity index (χ1) is 12.5. The number of rotatable bonds is 4. The highest BCUT2D eigenvalue weighted by Crippen LogP contribution is 2.29. The Labute approximate surface area is 164 Å². The highest BCUT2D eigenvalue weighted by Gasteiger charge is 2.13. The Morgan fingerprint density at radius 1 is 1.12 bits per heavy atom. The van der Waals surface area contributed by atoms with Crippen LogP contribution in [0.4, 0.5) is 11.6 Å². The Kier molecular flexibility index (Phi) is 4.27. The lowest BCUT2D eigenvalue weighted by Gasteiger charge is -2.08. The Bertz CT molecular complexity index is 1100. The van der Waals surface area contributed by atoms with Crippen molar-refractivity contribution in [3.05, 3.63) is 46.2 Å². The van der Waals surface area contributed by atoms with Crippen LogP contribution in [0.3, 0.4) is 0 Å². The number of benzene rings is 1. The standard InChI is InChI=1S/C18H17IN6O/c1-24-17(8-14(23-24)11-5-4-6-12(19)7-11)21-16-9-15(26-3)13-10-20-25(2)18(13)22-16/h4-10H,1-3H3,(H,21,22). The zero-order valence-electron chi connectivity index (χ0n) is 14.6. The van der Waals surface area contributed by atoms with E-state index in [9.17, 15) is 0 Å². The van der Waals surface area contributed by atoms with Crippen molar-refractivity contribution in [2.75, 3.05) is 12.4 Å². The lowest BCUT2D eigenvalue weighted by molar-refractivity contribution is 0.419. The molecule has 1 N–H and O–H groups in total. The molecule has 0 amide bonds. The molecule has 132 valence electrons. The molecule has 0 bridgehead atoms. The Hall–Kier alpha value is -2.62. The van der Waals surface area contributed by atoms with Gasteiger partial charge in [0.15, 0.2) is 5.65 Å². The van der Waals surface area contributed by atoms with Crippen molar-refractivity contribution in [1.82, 2.24) is 24.5 Å². The van der Waals surface area contributed by atoms with Gasteiger partial charge in [-0.3, -0.25) is 9.36 Å². The van der Waals surface area contributed by atoms with Crippen molar-refractivity contribution in [3.63, 3.8) is 0 Å². The zero-order chi connectivity index (χ0) is 18.3. The van der Waals surface area contributed by atoms with Crippen LogP contribution in [0.1, 0.15) is 0 Å². The molecular formula is C18H17IN6O. The molecular weight excluding hydrogens is 443 g/mol. The van der Waals surface area contributed by atoms with Gasteiger partial charge in [0.05, 0.1) is 24.4 Å². The summed E-state index contributed by atoms with van der Waals surface area (Å²) in [5.74, 6) is 2.25. The van der Waals surface area contributed by atoms with Gasteiger partial charge >= 0.3 is 0 Å². The number of hydrogen-bond acceptors (Lipinski definition) is 5. The van der Waals surface area contributed by atoms with E-state index < -0.39 is 0 Å². The maximum Gasteiger partial charge on any atom is 0.163 e. The molecule has 0 aliphatic rings. The highest BCUT2D eigenvalue weighted by atomic mass is 127. The fourth-order valence-corrected chi connectivity index (χ4v) is 3.37. The van der Waals surface area contributed by atoms with E-state index in [1.165, 1.54) is 3.57 Å². The van der Waals surface area contributed by atoms with Crippen molar-refractivity contribution in [2.45, 2.75) is 0 Å². The van der Waals surface area contributed by atoms with Gasteiger partial charge in [0.1, 0.15) is 17.4 Å². The summed E-state index contributed by atoms with van der Waals surface area (Å²) >= 11 is 2.30. The number of anilines is 2. The number of methoxy groups -OCH3 is 1. The fraction of sp³-hybridized carbons (Fsp3) is 0.167. The third kappa shape index (κ3) is 3.00. The molecule has 0 saturated carbocycles. The van der Waals surface area contributed by atoms with Crippen molar-refractivity contribution in [1.29, 1.82) is 0 Å². The smallest absolute Gasteiger partial charge is 0.163 e. The summed E-state index contributed by atoms with van der Waals surface area (Å²) in [7, 11) is 5.40. The number of halogens is 1. The average molecular weight is 460 g/mol. The average Bonchev–Trinajstić information content (AvgIpc) is 3.18. The largest absolute Gasteiger partial charge is 0.496 e. The van der Waals surface area contributed by atoms with Crippen LogP contribution in [-0.4, -0.2) is 31.7 Å². The maximum absolute atomic E-state index is 5.48. The van der Waals surface area contributed by atoms with Gasteiger partial charge in [-0.05, 0) is 34.7 Å². The van der Waals surface area contributed by atoms with Gasteiger partial charge in [0.25, 0.3) is 0 Å². The first-order valence-electron chi connectivity index (χ1n) is 7.99. The fourth-order valence-electron chi connectivity index (χ4n) is 2.82. The lowest BCUT2D eigenvalue weighted by atomic mass is 10.1. The van der Waals surface area contributed by atoms with E-state index >= 15 is 0 Å². The molecule has 0 aliphatic carbocycles. The van der Waals surface area contributed by atoms with E-state index in [2.05, 4.69) is 61.3 Å². The van der Waals surface area contributed by atoms with Crippen LogP contribution in [0.25, 0.3) is 22.3 Å². The summed E-state index contributed by atoms with van der Waals surface area (Å²) < 4.78 is 10.2. The molecule has 3 aromatic heterocycles. The number of ether oxygens (including phenoxy) is 1. The van der Waals surface area contributed by atoms with Crippen LogP contribution < -0.4 is 10.1 Å². The number of hydrogen-bond donors (Lipinski definition) is 1. The van der Waals surface area contributed by atoms with Crippen LogP contribution in [-0.2, 0) is 14.1 Å². The van der Waals surface area contributed by atoms with E-state index in [4.69, 9.17) is 4.74 Å². The molecule has 1 aromatic carbocycles. The maximum atomic E-state index is 5.48. The Balaban J connectivity index is 1.72. The van der Waals surface area contributed by atoms with Crippen LogP contribution in [0.5, 0.6) is 5.75 Å². The number of aromatic nitrogens is 5. The summed E-state index contributed by atoms with van der Waals surface area (Å²) in [5.41, 5.74) is 2.74. The highest BCUT2D eigenvalue weighted by molar-refractivity contribution is 14.1. The molecule has 0 fully saturated rings. The third-order valence-electron chi connectivity index (χ3n) is 4.14. The number of pyridine rings is 1. The van der Waals surface area contributed by atoms with Gasteiger partial charge in [-0.2, -0.15) is 10.2 Å². The SMILES string of the molecule is COc1cc(Nc2cc(-c3cccc(I)c3)nn2C)nc2c1cnn2C. The lowest BCUT2D eigenvalue weighted by Crippen LogP contribution is -2.02. The molecule has 3 heterocycles. The quantitative estimate of drug-likeness (QED) is 0.471. The summed E-state index contributed by atoms with van der Waals surface area (Å²) in [4.78, 5) is 4.64. The molecule has 0 atom stereocenters. The number of nitrogens with zero attached hydrogens (tertiary/aromatic N) is 5. The summed E-state index contributed by atoms with van der Waals surface area (Å²) in [6.45, 7) is 0. The normalized spacial score (nSPS) is 11.1. The van der Waals surface area contributed by atoms with E-state index in [-0.39, 0.29) is 0 Å². The van der Waals surface area contributed by atoms with Crippen molar-refractivity contribution < 1.29 is 4.74 Å².